The number of aryl methyl sites for hydroxylation is 1. The van der Waals surface area contributed by atoms with E-state index in [1.165, 1.54) is 28.9 Å². The Kier molecular flexibility index (Phi) is 11.0. The van der Waals surface area contributed by atoms with E-state index in [-0.39, 0.29) is 24.0 Å². The van der Waals surface area contributed by atoms with Crippen LogP contribution in [0.25, 0.3) is 0 Å². The fourth-order valence-electron chi connectivity index (χ4n) is 1.78. The monoisotopic (exact) mass is 407 g/mol. The van der Waals surface area contributed by atoms with Gasteiger partial charge in [0, 0.05) is 25.0 Å². The molecule has 2 N–H and O–H groups in total. The number of unbranched alkanes of at least 4 members (excludes halogenated alkanes) is 1. The van der Waals surface area contributed by atoms with Gasteiger partial charge in [-0.3, -0.25) is 4.99 Å². The molecule has 0 atom stereocenters. The number of aliphatic imine (C=N–C) groups is 1. The van der Waals surface area contributed by atoms with Crippen LogP contribution in [0.3, 0.4) is 0 Å². The number of thioether (sulfide) groups is 1. The molecule has 5 heteroatoms. The van der Waals surface area contributed by atoms with Crippen molar-refractivity contribution in [3.63, 3.8) is 0 Å². The van der Waals surface area contributed by atoms with Crippen molar-refractivity contribution in [2.24, 2.45) is 4.99 Å². The van der Waals surface area contributed by atoms with E-state index in [9.17, 15) is 0 Å². The van der Waals surface area contributed by atoms with Crippen molar-refractivity contribution in [2.75, 3.05) is 19.8 Å². The zero-order chi connectivity index (χ0) is 14.1. The summed E-state index contributed by atoms with van der Waals surface area (Å²) in [5.74, 6) is 0.876. The standard InChI is InChI=1S/C15H25N3S.HI/c1-5-6-9-17-15(16-3)18-11-13-8-7-12(2)10-14(13)19-4;/h7-8,10H,5-6,9,11H2,1-4H3,(H2,16,17,18);1H. The van der Waals surface area contributed by atoms with E-state index < -0.39 is 0 Å². The second kappa shape index (κ2) is 11.3. The first-order valence-electron chi connectivity index (χ1n) is 6.79. The van der Waals surface area contributed by atoms with E-state index in [2.05, 4.69) is 53.9 Å². The van der Waals surface area contributed by atoms with Crippen LogP contribution in [0.1, 0.15) is 30.9 Å². The van der Waals surface area contributed by atoms with E-state index in [1.807, 2.05) is 7.05 Å². The summed E-state index contributed by atoms with van der Waals surface area (Å²) in [6.07, 6.45) is 4.48. The van der Waals surface area contributed by atoms with E-state index in [0.29, 0.717) is 0 Å². The van der Waals surface area contributed by atoms with Gasteiger partial charge in [-0.25, -0.2) is 0 Å². The van der Waals surface area contributed by atoms with E-state index in [4.69, 9.17) is 0 Å². The molecule has 114 valence electrons. The average Bonchev–Trinajstić information content (AvgIpc) is 2.43. The van der Waals surface area contributed by atoms with Gasteiger partial charge in [0.2, 0.25) is 0 Å². The third kappa shape index (κ3) is 6.83. The van der Waals surface area contributed by atoms with Crippen molar-refractivity contribution in [1.29, 1.82) is 0 Å². The van der Waals surface area contributed by atoms with Crippen molar-refractivity contribution >= 4 is 41.7 Å². The van der Waals surface area contributed by atoms with Gasteiger partial charge in [0.15, 0.2) is 5.96 Å². The van der Waals surface area contributed by atoms with E-state index in [0.717, 1.165) is 19.0 Å². The van der Waals surface area contributed by atoms with E-state index in [1.54, 1.807) is 11.8 Å². The number of halogens is 1. The topological polar surface area (TPSA) is 36.4 Å². The molecule has 3 nitrogen and oxygen atoms in total. The number of guanidine groups is 1. The van der Waals surface area contributed by atoms with Gasteiger partial charge in [-0.1, -0.05) is 25.5 Å². The Hall–Kier alpha value is -0.430. The molecule has 0 aliphatic carbocycles. The zero-order valence-corrected chi connectivity index (χ0v) is 16.0. The molecule has 1 aromatic carbocycles. The third-order valence-electron chi connectivity index (χ3n) is 2.94. The molecule has 1 rings (SSSR count). The Bertz CT molecular complexity index is 422. The van der Waals surface area contributed by atoms with Crippen molar-refractivity contribution in [3.8, 4) is 0 Å². The quantitative estimate of drug-likeness (QED) is 0.248. The molecule has 0 saturated heterocycles. The summed E-state index contributed by atoms with van der Waals surface area (Å²) in [5.41, 5.74) is 2.62. The van der Waals surface area contributed by atoms with Crippen LogP contribution in [0.2, 0.25) is 0 Å². The lowest BCUT2D eigenvalue weighted by Gasteiger charge is -2.13. The van der Waals surface area contributed by atoms with Gasteiger partial charge < -0.3 is 10.6 Å². The molecule has 20 heavy (non-hydrogen) atoms. The summed E-state index contributed by atoms with van der Waals surface area (Å²) in [6.45, 7) is 6.10. The lowest BCUT2D eigenvalue weighted by molar-refractivity contribution is 0.727. The predicted molar refractivity (Wildman–Crippen MR) is 101 cm³/mol. The van der Waals surface area contributed by atoms with Crippen LogP contribution < -0.4 is 10.6 Å². The van der Waals surface area contributed by atoms with Crippen LogP contribution in [0.4, 0.5) is 0 Å². The fraction of sp³-hybridized carbons (Fsp3) is 0.533. The summed E-state index contributed by atoms with van der Waals surface area (Å²) in [4.78, 5) is 5.57. The molecule has 1 aromatic rings. The third-order valence-corrected chi connectivity index (χ3v) is 3.76. The highest BCUT2D eigenvalue weighted by Gasteiger charge is 2.03. The molecule has 0 unspecified atom stereocenters. The Morgan fingerprint density at radius 1 is 1.30 bits per heavy atom. The van der Waals surface area contributed by atoms with Crippen LogP contribution >= 0.6 is 35.7 Å². The van der Waals surface area contributed by atoms with Gasteiger partial charge in [0.25, 0.3) is 0 Å². The van der Waals surface area contributed by atoms with Gasteiger partial charge in [0.05, 0.1) is 0 Å². The predicted octanol–water partition coefficient (Wildman–Crippen LogP) is 3.80. The molecule has 0 saturated carbocycles. The van der Waals surface area contributed by atoms with Crippen LogP contribution in [0.5, 0.6) is 0 Å². The number of nitrogens with one attached hydrogen (secondary N) is 2. The summed E-state index contributed by atoms with van der Waals surface area (Å²) in [7, 11) is 1.81. The van der Waals surface area contributed by atoms with Crippen LogP contribution in [-0.2, 0) is 6.54 Å². The van der Waals surface area contributed by atoms with E-state index >= 15 is 0 Å². The normalized spacial score (nSPS) is 10.9. The molecule has 0 heterocycles. The Balaban J connectivity index is 0.00000361. The van der Waals surface area contributed by atoms with Gasteiger partial charge in [-0.15, -0.1) is 35.7 Å². The van der Waals surface area contributed by atoms with Crippen LogP contribution in [-0.4, -0.2) is 25.8 Å². The van der Waals surface area contributed by atoms with Crippen molar-refractivity contribution in [3.05, 3.63) is 29.3 Å². The molecule has 0 fully saturated rings. The number of rotatable bonds is 6. The van der Waals surface area contributed by atoms with Crippen molar-refractivity contribution in [2.45, 2.75) is 38.1 Å². The maximum atomic E-state index is 4.24. The van der Waals surface area contributed by atoms with Gasteiger partial charge in [0.1, 0.15) is 0 Å². The van der Waals surface area contributed by atoms with Crippen LogP contribution in [0, 0.1) is 6.92 Å². The number of nitrogens with zero attached hydrogens (tertiary/aromatic N) is 1. The lowest BCUT2D eigenvalue weighted by atomic mass is 10.1. The summed E-state index contributed by atoms with van der Waals surface area (Å²) >= 11 is 1.79. The molecular weight excluding hydrogens is 381 g/mol. The largest absolute Gasteiger partial charge is 0.356 e. The van der Waals surface area contributed by atoms with Crippen LogP contribution in [0.15, 0.2) is 28.1 Å². The first-order valence-corrected chi connectivity index (χ1v) is 8.01. The Morgan fingerprint density at radius 2 is 2.05 bits per heavy atom. The summed E-state index contributed by atoms with van der Waals surface area (Å²) in [6, 6.07) is 6.58. The molecule has 0 radical (unpaired) electrons. The highest BCUT2D eigenvalue weighted by atomic mass is 127. The minimum Gasteiger partial charge on any atom is -0.356 e. The number of hydrogen-bond acceptors (Lipinski definition) is 2. The minimum absolute atomic E-state index is 0. The molecule has 0 spiro atoms. The second-order valence-corrected chi connectivity index (χ2v) is 5.37. The molecule has 0 bridgehead atoms. The molecule has 0 amide bonds. The number of hydrogen-bond donors (Lipinski definition) is 2. The van der Waals surface area contributed by atoms with Crippen molar-refractivity contribution < 1.29 is 0 Å². The Labute approximate surface area is 144 Å². The molecular formula is C15H26IN3S. The first-order chi connectivity index (χ1) is 9.21. The fourth-order valence-corrected chi connectivity index (χ4v) is 2.49. The van der Waals surface area contributed by atoms with Gasteiger partial charge in [-0.2, -0.15) is 0 Å². The zero-order valence-electron chi connectivity index (χ0n) is 12.8. The molecule has 0 aromatic heterocycles. The SMILES string of the molecule is CCCCNC(=NC)NCc1ccc(C)cc1SC.I. The Morgan fingerprint density at radius 3 is 2.65 bits per heavy atom. The molecule has 0 aliphatic rings. The summed E-state index contributed by atoms with van der Waals surface area (Å²) in [5, 5.41) is 6.69. The van der Waals surface area contributed by atoms with Gasteiger partial charge >= 0.3 is 0 Å². The maximum Gasteiger partial charge on any atom is 0.191 e. The highest BCUT2D eigenvalue weighted by molar-refractivity contribution is 14.0. The lowest BCUT2D eigenvalue weighted by Crippen LogP contribution is -2.37. The minimum atomic E-state index is 0. The maximum absolute atomic E-state index is 4.24. The first kappa shape index (κ1) is 19.6. The number of benzene rings is 1. The summed E-state index contributed by atoms with van der Waals surface area (Å²) < 4.78 is 0. The van der Waals surface area contributed by atoms with Gasteiger partial charge in [-0.05, 0) is 36.8 Å². The highest BCUT2D eigenvalue weighted by Crippen LogP contribution is 2.21. The average molecular weight is 407 g/mol. The second-order valence-electron chi connectivity index (χ2n) is 4.52. The molecule has 0 aliphatic heterocycles. The van der Waals surface area contributed by atoms with Crippen molar-refractivity contribution in [1.82, 2.24) is 10.6 Å². The smallest absolute Gasteiger partial charge is 0.191 e.